The predicted octanol–water partition coefficient (Wildman–Crippen LogP) is 2.35. The lowest BCUT2D eigenvalue weighted by molar-refractivity contribution is -0.139. The highest BCUT2D eigenvalue weighted by Crippen LogP contribution is 2.25. The van der Waals surface area contributed by atoms with Crippen LogP contribution in [0.1, 0.15) is 28.9 Å². The van der Waals surface area contributed by atoms with Crippen LogP contribution in [0.3, 0.4) is 0 Å². The average molecular weight is 275 g/mol. The minimum absolute atomic E-state index is 0.0788. The molecule has 0 spiro atoms. The van der Waals surface area contributed by atoms with Crippen molar-refractivity contribution in [3.05, 3.63) is 28.6 Å². The number of hydrogen-bond acceptors (Lipinski definition) is 4. The van der Waals surface area contributed by atoms with Crippen molar-refractivity contribution in [3.63, 3.8) is 0 Å². The monoisotopic (exact) mass is 274 g/mol. The van der Waals surface area contributed by atoms with Gasteiger partial charge in [0.1, 0.15) is 11.8 Å². The maximum atomic E-state index is 12.7. The Morgan fingerprint density at radius 1 is 1.67 bits per heavy atom. The van der Waals surface area contributed by atoms with E-state index in [0.29, 0.717) is 0 Å². The molecule has 0 saturated heterocycles. The summed E-state index contributed by atoms with van der Waals surface area (Å²) in [7, 11) is 1.19. The van der Waals surface area contributed by atoms with Crippen LogP contribution in [0, 0.1) is 11.3 Å². The van der Waals surface area contributed by atoms with Gasteiger partial charge in [-0.05, 0) is 11.6 Å². The molecule has 7 heteroatoms. The molecule has 1 aromatic heterocycles. The minimum Gasteiger partial charge on any atom is -0.469 e. The average Bonchev–Trinajstić information content (AvgIpc) is 2.37. The van der Waals surface area contributed by atoms with Crippen LogP contribution in [0.4, 0.5) is 8.78 Å². The lowest BCUT2D eigenvalue weighted by Gasteiger charge is -2.09. The van der Waals surface area contributed by atoms with Gasteiger partial charge in [-0.2, -0.15) is 5.26 Å². The van der Waals surface area contributed by atoms with Crippen LogP contribution >= 0.6 is 11.6 Å². The number of carbonyl (C=O) groups is 1. The molecule has 0 radical (unpaired) electrons. The predicted molar refractivity (Wildman–Crippen MR) is 59.2 cm³/mol. The fourth-order valence-corrected chi connectivity index (χ4v) is 1.59. The van der Waals surface area contributed by atoms with E-state index in [-0.39, 0.29) is 29.3 Å². The number of alkyl halides is 3. The quantitative estimate of drug-likeness (QED) is 0.624. The lowest BCUT2D eigenvalue weighted by atomic mass is 10.1. The molecule has 0 saturated carbocycles. The molecule has 0 bridgehead atoms. The third kappa shape index (κ3) is 3.14. The number of ether oxygens (including phenoxy) is 1. The summed E-state index contributed by atoms with van der Waals surface area (Å²) in [4.78, 5) is 14.9. The SMILES string of the molecule is COC(=O)Cc1cc(C(F)F)c(C#N)nc1CCl. The Morgan fingerprint density at radius 3 is 2.78 bits per heavy atom. The van der Waals surface area contributed by atoms with Gasteiger partial charge in [0.2, 0.25) is 0 Å². The zero-order chi connectivity index (χ0) is 13.7. The Hall–Kier alpha value is -1.74. The van der Waals surface area contributed by atoms with Crippen LogP contribution in [-0.4, -0.2) is 18.1 Å². The van der Waals surface area contributed by atoms with E-state index in [9.17, 15) is 13.6 Å². The van der Waals surface area contributed by atoms with Crippen LogP contribution in [0.25, 0.3) is 0 Å². The molecular formula is C11H9ClF2N2O2. The highest BCUT2D eigenvalue weighted by Gasteiger charge is 2.19. The number of halogens is 3. The van der Waals surface area contributed by atoms with Gasteiger partial charge in [-0.3, -0.25) is 4.79 Å². The summed E-state index contributed by atoms with van der Waals surface area (Å²) in [6, 6.07) is 2.65. The molecule has 0 N–H and O–H groups in total. The number of nitrogens with zero attached hydrogens (tertiary/aromatic N) is 2. The first-order valence-corrected chi connectivity index (χ1v) is 5.40. The Labute approximate surface area is 107 Å². The first-order chi connectivity index (χ1) is 8.53. The summed E-state index contributed by atoms with van der Waals surface area (Å²) in [6.07, 6.45) is -3.05. The summed E-state index contributed by atoms with van der Waals surface area (Å²) in [5, 5.41) is 8.73. The van der Waals surface area contributed by atoms with E-state index in [1.165, 1.54) is 7.11 Å². The van der Waals surface area contributed by atoms with E-state index in [1.54, 1.807) is 6.07 Å². The van der Waals surface area contributed by atoms with Crippen molar-refractivity contribution in [2.75, 3.05) is 7.11 Å². The van der Waals surface area contributed by atoms with Gasteiger partial charge in [0.25, 0.3) is 6.43 Å². The van der Waals surface area contributed by atoms with E-state index >= 15 is 0 Å². The van der Waals surface area contributed by atoms with Crippen molar-refractivity contribution < 1.29 is 18.3 Å². The third-order valence-electron chi connectivity index (χ3n) is 2.25. The summed E-state index contributed by atoms with van der Waals surface area (Å²) < 4.78 is 29.9. The molecule has 0 aliphatic carbocycles. The Kier molecular flexibility index (Phi) is 4.98. The molecule has 0 amide bonds. The topological polar surface area (TPSA) is 63.0 Å². The van der Waals surface area contributed by atoms with Crippen molar-refractivity contribution in [2.24, 2.45) is 0 Å². The summed E-state index contributed by atoms with van der Waals surface area (Å²) >= 11 is 5.61. The van der Waals surface area contributed by atoms with Crippen LogP contribution in [0.5, 0.6) is 0 Å². The van der Waals surface area contributed by atoms with Crippen molar-refractivity contribution in [1.82, 2.24) is 4.98 Å². The van der Waals surface area contributed by atoms with Gasteiger partial charge in [-0.1, -0.05) is 0 Å². The highest BCUT2D eigenvalue weighted by molar-refractivity contribution is 6.17. The van der Waals surface area contributed by atoms with Crippen LogP contribution in [-0.2, 0) is 21.8 Å². The van der Waals surface area contributed by atoms with Gasteiger partial charge in [0, 0.05) is 0 Å². The highest BCUT2D eigenvalue weighted by atomic mass is 35.5. The van der Waals surface area contributed by atoms with E-state index in [0.717, 1.165) is 6.07 Å². The fraction of sp³-hybridized carbons (Fsp3) is 0.364. The van der Waals surface area contributed by atoms with E-state index in [2.05, 4.69) is 9.72 Å². The molecule has 1 rings (SSSR count). The molecule has 0 unspecified atom stereocenters. The fourth-order valence-electron chi connectivity index (χ4n) is 1.36. The molecule has 1 aromatic rings. The molecule has 4 nitrogen and oxygen atoms in total. The van der Waals surface area contributed by atoms with Crippen molar-refractivity contribution in [3.8, 4) is 6.07 Å². The van der Waals surface area contributed by atoms with Gasteiger partial charge >= 0.3 is 5.97 Å². The smallest absolute Gasteiger partial charge is 0.310 e. The number of aromatic nitrogens is 1. The van der Waals surface area contributed by atoms with Crippen LogP contribution in [0.2, 0.25) is 0 Å². The number of rotatable bonds is 4. The van der Waals surface area contributed by atoms with Gasteiger partial charge < -0.3 is 4.74 Å². The normalized spacial score (nSPS) is 10.2. The Morgan fingerprint density at radius 2 is 2.33 bits per heavy atom. The van der Waals surface area contributed by atoms with Gasteiger partial charge in [-0.25, -0.2) is 13.8 Å². The minimum atomic E-state index is -2.84. The maximum Gasteiger partial charge on any atom is 0.310 e. The summed E-state index contributed by atoms with van der Waals surface area (Å²) in [5.74, 6) is -0.669. The number of carbonyl (C=O) groups excluding carboxylic acids is 1. The third-order valence-corrected chi connectivity index (χ3v) is 2.50. The molecule has 0 aromatic carbocycles. The number of esters is 1. The van der Waals surface area contributed by atoms with Gasteiger partial charge in [-0.15, -0.1) is 11.6 Å². The standard InChI is InChI=1S/C11H9ClF2N2O2/c1-18-10(17)3-6-2-7(11(13)14)9(5-15)16-8(6)4-12/h2,11H,3-4H2,1H3. The Balaban J connectivity index is 3.28. The molecule has 96 valence electrons. The number of methoxy groups -OCH3 is 1. The van der Waals surface area contributed by atoms with Gasteiger partial charge in [0.05, 0.1) is 30.7 Å². The van der Waals surface area contributed by atoms with E-state index in [1.807, 2.05) is 0 Å². The number of nitriles is 1. The van der Waals surface area contributed by atoms with Crippen LogP contribution in [0.15, 0.2) is 6.07 Å². The molecule has 0 fully saturated rings. The summed E-state index contributed by atoms with van der Waals surface area (Å²) in [5.41, 5.74) is -0.422. The zero-order valence-electron chi connectivity index (χ0n) is 9.41. The lowest BCUT2D eigenvalue weighted by Crippen LogP contribution is -2.10. The van der Waals surface area contributed by atoms with Crippen molar-refractivity contribution in [1.29, 1.82) is 5.26 Å². The van der Waals surface area contributed by atoms with E-state index in [4.69, 9.17) is 16.9 Å². The Bertz CT molecular complexity index is 501. The molecular weight excluding hydrogens is 266 g/mol. The second-order valence-corrected chi connectivity index (χ2v) is 3.60. The molecule has 0 atom stereocenters. The molecule has 1 heterocycles. The molecule has 18 heavy (non-hydrogen) atoms. The van der Waals surface area contributed by atoms with E-state index < -0.39 is 18.0 Å². The van der Waals surface area contributed by atoms with Crippen molar-refractivity contribution in [2.45, 2.75) is 18.7 Å². The second-order valence-electron chi connectivity index (χ2n) is 3.33. The first kappa shape index (κ1) is 14.3. The molecule has 0 aliphatic heterocycles. The zero-order valence-corrected chi connectivity index (χ0v) is 10.2. The van der Waals surface area contributed by atoms with Gasteiger partial charge in [0.15, 0.2) is 0 Å². The van der Waals surface area contributed by atoms with Crippen LogP contribution < -0.4 is 0 Å². The maximum absolute atomic E-state index is 12.7. The number of hydrogen-bond donors (Lipinski definition) is 0. The molecule has 0 aliphatic rings. The summed E-state index contributed by atoms with van der Waals surface area (Å²) in [6.45, 7) is 0. The largest absolute Gasteiger partial charge is 0.469 e. The second kappa shape index (κ2) is 6.26. The van der Waals surface area contributed by atoms with Crippen molar-refractivity contribution >= 4 is 17.6 Å². The first-order valence-electron chi connectivity index (χ1n) is 4.87. The number of pyridine rings is 1.